The first-order chi connectivity index (χ1) is 11.8. The summed E-state index contributed by atoms with van der Waals surface area (Å²) in [6, 6.07) is 6.24. The molecule has 0 unspecified atom stereocenters. The lowest BCUT2D eigenvalue weighted by Crippen LogP contribution is -2.33. The Hall–Kier alpha value is -2.05. The van der Waals surface area contributed by atoms with E-state index in [0.717, 1.165) is 55.5 Å². The molecule has 1 aromatic heterocycles. The van der Waals surface area contributed by atoms with Gasteiger partial charge in [0.1, 0.15) is 5.82 Å². The number of nitrogens with one attached hydrogen (secondary N) is 1. The molecule has 128 valence electrons. The highest BCUT2D eigenvalue weighted by atomic mass is 16.7. The van der Waals surface area contributed by atoms with Crippen molar-refractivity contribution in [2.24, 2.45) is 13.0 Å². The number of nitrogens with zero attached hydrogens (tertiary/aromatic N) is 2. The van der Waals surface area contributed by atoms with Gasteiger partial charge in [0.2, 0.25) is 6.79 Å². The largest absolute Gasteiger partial charge is 0.454 e. The number of aryl methyl sites for hydroxylation is 1. The zero-order valence-electron chi connectivity index (χ0n) is 13.9. The smallest absolute Gasteiger partial charge is 0.231 e. The van der Waals surface area contributed by atoms with Crippen LogP contribution in [0.1, 0.15) is 30.3 Å². The molecule has 1 atom stereocenters. The first-order valence-electron chi connectivity index (χ1n) is 8.49. The molecular formula is C18H23N3O3. The molecule has 24 heavy (non-hydrogen) atoms. The predicted octanol–water partition coefficient (Wildman–Crippen LogP) is 2.41. The molecule has 1 saturated heterocycles. The van der Waals surface area contributed by atoms with Crippen LogP contribution in [-0.4, -0.2) is 29.6 Å². The van der Waals surface area contributed by atoms with Crippen molar-refractivity contribution < 1.29 is 14.2 Å². The summed E-state index contributed by atoms with van der Waals surface area (Å²) in [4.78, 5) is 4.58. The van der Waals surface area contributed by atoms with Gasteiger partial charge in [0.25, 0.3) is 0 Å². The summed E-state index contributed by atoms with van der Waals surface area (Å²) < 4.78 is 18.7. The Morgan fingerprint density at radius 1 is 1.29 bits per heavy atom. The van der Waals surface area contributed by atoms with E-state index in [1.165, 1.54) is 0 Å². The highest BCUT2D eigenvalue weighted by molar-refractivity contribution is 5.48. The van der Waals surface area contributed by atoms with Gasteiger partial charge in [-0.1, -0.05) is 12.1 Å². The highest BCUT2D eigenvalue weighted by Gasteiger charge is 2.28. The number of hydrogen-bond acceptors (Lipinski definition) is 5. The van der Waals surface area contributed by atoms with Crippen LogP contribution < -0.4 is 14.8 Å². The molecule has 2 aromatic rings. The molecule has 1 aromatic carbocycles. The minimum absolute atomic E-state index is 0.201. The van der Waals surface area contributed by atoms with Crippen molar-refractivity contribution in [3.8, 4) is 11.5 Å². The summed E-state index contributed by atoms with van der Waals surface area (Å²) >= 11 is 0. The van der Waals surface area contributed by atoms with E-state index in [1.807, 2.05) is 31.6 Å². The molecule has 0 saturated carbocycles. The van der Waals surface area contributed by atoms with E-state index in [-0.39, 0.29) is 6.04 Å². The van der Waals surface area contributed by atoms with Gasteiger partial charge in [-0.2, -0.15) is 0 Å². The summed E-state index contributed by atoms with van der Waals surface area (Å²) in [6.45, 7) is 2.67. The minimum atomic E-state index is 0.201. The molecule has 3 heterocycles. The second-order valence-electron chi connectivity index (χ2n) is 6.36. The first-order valence-corrected chi connectivity index (χ1v) is 8.49. The maximum atomic E-state index is 5.62. The average Bonchev–Trinajstić information content (AvgIpc) is 3.26. The van der Waals surface area contributed by atoms with Crippen LogP contribution in [0.4, 0.5) is 0 Å². The molecule has 6 nitrogen and oxygen atoms in total. The van der Waals surface area contributed by atoms with Gasteiger partial charge in [-0.05, 0) is 24.8 Å². The first kappa shape index (κ1) is 15.5. The van der Waals surface area contributed by atoms with Crippen LogP contribution in [0, 0.1) is 5.92 Å². The Balaban J connectivity index is 1.54. The Labute approximate surface area is 141 Å². The van der Waals surface area contributed by atoms with E-state index >= 15 is 0 Å². The molecule has 1 fully saturated rings. The van der Waals surface area contributed by atoms with Crippen LogP contribution in [0.2, 0.25) is 0 Å². The molecule has 1 N–H and O–H groups in total. The number of hydrogen-bond donors (Lipinski definition) is 1. The fourth-order valence-corrected chi connectivity index (χ4v) is 3.54. The Morgan fingerprint density at radius 2 is 2.17 bits per heavy atom. The fraction of sp³-hybridized carbons (Fsp3) is 0.500. The van der Waals surface area contributed by atoms with Crippen molar-refractivity contribution in [1.82, 2.24) is 14.9 Å². The lowest BCUT2D eigenvalue weighted by atomic mass is 9.91. The lowest BCUT2D eigenvalue weighted by molar-refractivity contribution is 0.0517. The molecule has 6 heteroatoms. The maximum Gasteiger partial charge on any atom is 0.231 e. The average molecular weight is 329 g/mol. The van der Waals surface area contributed by atoms with E-state index in [0.29, 0.717) is 12.7 Å². The summed E-state index contributed by atoms with van der Waals surface area (Å²) in [5.74, 6) is 3.28. The molecule has 0 radical (unpaired) electrons. The van der Waals surface area contributed by atoms with E-state index in [9.17, 15) is 0 Å². The SMILES string of the molecule is Cn1ccnc1[C@H](NCc1cccc2c1OCO2)C1CCOCC1. The standard InChI is InChI=1S/C18H23N3O3/c1-21-8-7-19-18(21)16(13-5-9-22-10-6-13)20-11-14-3-2-4-15-17(14)24-12-23-15/h2-4,7-8,13,16,20H,5-6,9-12H2,1H3/t16-/m1/s1. The Kier molecular flexibility index (Phi) is 4.40. The fourth-order valence-electron chi connectivity index (χ4n) is 3.54. The van der Waals surface area contributed by atoms with Gasteiger partial charge < -0.3 is 24.1 Å². The van der Waals surface area contributed by atoms with Crippen LogP contribution >= 0.6 is 0 Å². The molecule has 2 aliphatic heterocycles. The summed E-state index contributed by atoms with van der Waals surface area (Å²) in [5.41, 5.74) is 1.12. The van der Waals surface area contributed by atoms with E-state index in [1.54, 1.807) is 0 Å². The predicted molar refractivity (Wildman–Crippen MR) is 88.9 cm³/mol. The molecule has 4 rings (SSSR count). The number of aromatic nitrogens is 2. The molecular weight excluding hydrogens is 306 g/mol. The number of ether oxygens (including phenoxy) is 3. The number of benzene rings is 1. The van der Waals surface area contributed by atoms with Crippen molar-refractivity contribution in [1.29, 1.82) is 0 Å². The minimum Gasteiger partial charge on any atom is -0.454 e. The lowest BCUT2D eigenvalue weighted by Gasteiger charge is -2.31. The zero-order valence-corrected chi connectivity index (χ0v) is 13.9. The molecule has 0 aliphatic carbocycles. The van der Waals surface area contributed by atoms with Crippen molar-refractivity contribution in [3.05, 3.63) is 42.0 Å². The van der Waals surface area contributed by atoms with Gasteiger partial charge in [0.15, 0.2) is 11.5 Å². The van der Waals surface area contributed by atoms with E-state index < -0.39 is 0 Å². The highest BCUT2D eigenvalue weighted by Crippen LogP contribution is 2.36. The molecule has 2 aliphatic rings. The van der Waals surface area contributed by atoms with Gasteiger partial charge in [-0.3, -0.25) is 0 Å². The molecule has 0 spiro atoms. The molecule has 0 bridgehead atoms. The summed E-state index contributed by atoms with van der Waals surface area (Å²) in [7, 11) is 2.05. The second kappa shape index (κ2) is 6.83. The van der Waals surface area contributed by atoms with Crippen molar-refractivity contribution in [3.63, 3.8) is 0 Å². The quantitative estimate of drug-likeness (QED) is 0.913. The van der Waals surface area contributed by atoms with Gasteiger partial charge in [-0.25, -0.2) is 4.98 Å². The van der Waals surface area contributed by atoms with Crippen LogP contribution in [0.5, 0.6) is 11.5 Å². The normalized spacial score (nSPS) is 18.7. The maximum absolute atomic E-state index is 5.62. The van der Waals surface area contributed by atoms with Crippen molar-refractivity contribution >= 4 is 0 Å². The van der Waals surface area contributed by atoms with Crippen LogP contribution in [-0.2, 0) is 18.3 Å². The van der Waals surface area contributed by atoms with Gasteiger partial charge in [-0.15, -0.1) is 0 Å². The topological polar surface area (TPSA) is 57.5 Å². The number of rotatable bonds is 5. The van der Waals surface area contributed by atoms with Gasteiger partial charge in [0, 0.05) is 44.8 Å². The van der Waals surface area contributed by atoms with E-state index in [4.69, 9.17) is 14.2 Å². The van der Waals surface area contributed by atoms with Crippen LogP contribution in [0.25, 0.3) is 0 Å². The van der Waals surface area contributed by atoms with Crippen molar-refractivity contribution in [2.45, 2.75) is 25.4 Å². The summed E-state index contributed by atoms with van der Waals surface area (Å²) in [5, 5.41) is 3.70. The monoisotopic (exact) mass is 329 g/mol. The summed E-state index contributed by atoms with van der Waals surface area (Å²) in [6.07, 6.45) is 5.97. The number of para-hydroxylation sites is 1. The third-order valence-corrected chi connectivity index (χ3v) is 4.86. The third kappa shape index (κ3) is 2.99. The van der Waals surface area contributed by atoms with Crippen molar-refractivity contribution in [2.75, 3.05) is 20.0 Å². The van der Waals surface area contributed by atoms with Crippen LogP contribution in [0.15, 0.2) is 30.6 Å². The third-order valence-electron chi connectivity index (χ3n) is 4.86. The van der Waals surface area contributed by atoms with Gasteiger partial charge >= 0.3 is 0 Å². The van der Waals surface area contributed by atoms with Crippen LogP contribution in [0.3, 0.4) is 0 Å². The Morgan fingerprint density at radius 3 is 2.96 bits per heavy atom. The van der Waals surface area contributed by atoms with E-state index in [2.05, 4.69) is 20.9 Å². The second-order valence-corrected chi connectivity index (χ2v) is 6.36. The number of fused-ring (bicyclic) bond motifs is 1. The van der Waals surface area contributed by atoms with Gasteiger partial charge in [0.05, 0.1) is 6.04 Å². The Bertz CT molecular complexity index is 695. The zero-order chi connectivity index (χ0) is 16.4. The molecule has 0 amide bonds. The number of imidazole rings is 1.